The smallest absolute Gasteiger partial charge is 0.445 e. The number of rotatable bonds is 1. The summed E-state index contributed by atoms with van der Waals surface area (Å²) in [5.41, 5.74) is -0.364. The Balaban J connectivity index is 2.60. The summed E-state index contributed by atoms with van der Waals surface area (Å²) in [6.45, 7) is -4.99. The summed E-state index contributed by atoms with van der Waals surface area (Å²) in [6.07, 6.45) is 0. The van der Waals surface area contributed by atoms with Crippen LogP contribution < -0.4 is 5.46 Å². The van der Waals surface area contributed by atoms with Gasteiger partial charge in [0.2, 0.25) is 0 Å². The molecule has 0 N–H and O–H groups in total. The summed E-state index contributed by atoms with van der Waals surface area (Å²) in [7, 11) is 1.50. The van der Waals surface area contributed by atoms with E-state index in [2.05, 4.69) is 0 Å². The SMILES string of the molecule is CN1Cc2c(cccc2[B-](F)(F)F)C1=O. The fourth-order valence-electron chi connectivity index (χ4n) is 1.80. The molecule has 0 saturated carbocycles. The zero-order chi connectivity index (χ0) is 11.2. The van der Waals surface area contributed by atoms with Gasteiger partial charge >= 0.3 is 6.98 Å². The minimum absolute atomic E-state index is 0.0472. The van der Waals surface area contributed by atoms with Crippen molar-refractivity contribution in [1.29, 1.82) is 0 Å². The zero-order valence-corrected chi connectivity index (χ0v) is 8.01. The molecule has 0 atom stereocenters. The second-order valence-corrected chi connectivity index (χ2v) is 3.61. The molecule has 0 saturated heterocycles. The molecule has 0 unspecified atom stereocenters. The van der Waals surface area contributed by atoms with Crippen LogP contribution in [0, 0.1) is 0 Å². The van der Waals surface area contributed by atoms with Gasteiger partial charge in [-0.1, -0.05) is 12.1 Å². The first kappa shape index (κ1) is 10.1. The van der Waals surface area contributed by atoms with Crippen molar-refractivity contribution in [3.63, 3.8) is 0 Å². The van der Waals surface area contributed by atoms with Gasteiger partial charge in [0.1, 0.15) is 0 Å². The number of halogens is 3. The molecule has 0 aromatic heterocycles. The lowest BCUT2D eigenvalue weighted by Crippen LogP contribution is -2.37. The van der Waals surface area contributed by atoms with Crippen LogP contribution in [0.4, 0.5) is 12.9 Å². The number of hydrogen-bond acceptors (Lipinski definition) is 1. The van der Waals surface area contributed by atoms with E-state index in [4.69, 9.17) is 0 Å². The molecule has 1 heterocycles. The maximum Gasteiger partial charge on any atom is 0.509 e. The second-order valence-electron chi connectivity index (χ2n) is 3.61. The fraction of sp³-hybridized carbons (Fsp3) is 0.222. The molecule has 0 radical (unpaired) electrons. The van der Waals surface area contributed by atoms with Crippen LogP contribution in [0.5, 0.6) is 0 Å². The molecule has 1 aliphatic rings. The number of nitrogens with zero attached hydrogens (tertiary/aromatic N) is 1. The van der Waals surface area contributed by atoms with Gasteiger partial charge in [-0.2, -0.15) is 0 Å². The summed E-state index contributed by atoms with van der Waals surface area (Å²) in [5, 5.41) is 0. The van der Waals surface area contributed by atoms with Crippen LogP contribution in [-0.2, 0) is 6.54 Å². The standard InChI is InChI=1S/C9H8BF3NO/c1-14-5-7-6(9(14)15)3-2-4-8(7)10(11,12)13/h2-4H,5H2,1H3/q-1. The summed E-state index contributed by atoms with van der Waals surface area (Å²) >= 11 is 0. The number of carbonyl (C=O) groups is 1. The molecule has 2 rings (SSSR count). The van der Waals surface area contributed by atoms with Gasteiger partial charge in [0, 0.05) is 19.2 Å². The van der Waals surface area contributed by atoms with Gasteiger partial charge in [0.15, 0.2) is 0 Å². The first-order valence-corrected chi connectivity index (χ1v) is 4.48. The van der Waals surface area contributed by atoms with E-state index < -0.39 is 12.4 Å². The average molecular weight is 214 g/mol. The van der Waals surface area contributed by atoms with E-state index in [-0.39, 0.29) is 23.6 Å². The van der Waals surface area contributed by atoms with Crippen LogP contribution >= 0.6 is 0 Å². The number of amides is 1. The minimum Gasteiger partial charge on any atom is -0.445 e. The molecule has 15 heavy (non-hydrogen) atoms. The van der Waals surface area contributed by atoms with E-state index in [0.717, 1.165) is 6.07 Å². The molecule has 1 amide bonds. The Hall–Kier alpha value is -1.46. The highest BCUT2D eigenvalue weighted by Gasteiger charge is 2.34. The Morgan fingerprint density at radius 2 is 2.00 bits per heavy atom. The number of hydrogen-bond donors (Lipinski definition) is 0. The molecule has 0 spiro atoms. The van der Waals surface area contributed by atoms with Crippen LogP contribution in [-0.4, -0.2) is 24.8 Å². The highest BCUT2D eigenvalue weighted by Crippen LogP contribution is 2.23. The average Bonchev–Trinajstić information content (AvgIpc) is 2.41. The molecule has 1 aromatic carbocycles. The summed E-state index contributed by atoms with van der Waals surface area (Å²) in [6, 6.07) is 3.75. The van der Waals surface area contributed by atoms with Gasteiger partial charge in [-0.05, 0) is 11.6 Å². The van der Waals surface area contributed by atoms with Crippen molar-refractivity contribution in [3.8, 4) is 0 Å². The van der Waals surface area contributed by atoms with E-state index in [1.807, 2.05) is 0 Å². The van der Waals surface area contributed by atoms with Gasteiger partial charge in [-0.15, -0.1) is 5.46 Å². The third kappa shape index (κ3) is 1.50. The maximum absolute atomic E-state index is 12.6. The van der Waals surface area contributed by atoms with Crippen molar-refractivity contribution >= 4 is 18.3 Å². The normalized spacial score (nSPS) is 15.7. The van der Waals surface area contributed by atoms with Gasteiger partial charge in [0.25, 0.3) is 5.91 Å². The van der Waals surface area contributed by atoms with E-state index >= 15 is 0 Å². The molecular weight excluding hydrogens is 206 g/mol. The van der Waals surface area contributed by atoms with E-state index in [9.17, 15) is 17.7 Å². The topological polar surface area (TPSA) is 20.3 Å². The van der Waals surface area contributed by atoms with Gasteiger partial charge in [-0.25, -0.2) is 0 Å². The third-order valence-corrected chi connectivity index (χ3v) is 2.54. The minimum atomic E-state index is -5.04. The summed E-state index contributed by atoms with van der Waals surface area (Å²) in [4.78, 5) is 12.7. The molecule has 0 bridgehead atoms. The van der Waals surface area contributed by atoms with E-state index in [1.54, 1.807) is 0 Å². The molecule has 1 aromatic rings. The van der Waals surface area contributed by atoms with E-state index in [0.29, 0.717) is 0 Å². The van der Waals surface area contributed by atoms with Crippen LogP contribution in [0.3, 0.4) is 0 Å². The Kier molecular flexibility index (Phi) is 2.03. The Bertz CT molecular complexity index is 430. The Morgan fingerprint density at radius 3 is 2.60 bits per heavy atom. The van der Waals surface area contributed by atoms with Crippen molar-refractivity contribution < 1.29 is 17.7 Å². The largest absolute Gasteiger partial charge is 0.509 e. The molecule has 0 fully saturated rings. The summed E-state index contributed by atoms with van der Waals surface area (Å²) in [5.74, 6) is -0.341. The van der Waals surface area contributed by atoms with Gasteiger partial charge in [0.05, 0.1) is 0 Å². The molecule has 2 nitrogen and oxygen atoms in total. The second kappa shape index (κ2) is 3.02. The van der Waals surface area contributed by atoms with Crippen molar-refractivity contribution in [3.05, 3.63) is 29.3 Å². The molecule has 1 aliphatic heterocycles. The highest BCUT2D eigenvalue weighted by molar-refractivity contribution is 6.74. The number of benzene rings is 1. The van der Waals surface area contributed by atoms with Gasteiger partial charge in [-0.3, -0.25) is 4.79 Å². The van der Waals surface area contributed by atoms with Crippen LogP contribution in [0.1, 0.15) is 15.9 Å². The lowest BCUT2D eigenvalue weighted by molar-refractivity contribution is 0.0816. The van der Waals surface area contributed by atoms with Crippen LogP contribution in [0.15, 0.2) is 18.2 Å². The summed E-state index contributed by atoms with van der Waals surface area (Å²) < 4.78 is 37.9. The molecule has 80 valence electrons. The predicted octanol–water partition coefficient (Wildman–Crippen LogP) is 1.33. The quantitative estimate of drug-likeness (QED) is 0.645. The van der Waals surface area contributed by atoms with Crippen LogP contribution in [0.25, 0.3) is 0 Å². The zero-order valence-electron chi connectivity index (χ0n) is 8.01. The van der Waals surface area contributed by atoms with Crippen molar-refractivity contribution in [1.82, 2.24) is 4.90 Å². The lowest BCUT2D eigenvalue weighted by atomic mass is 9.76. The molecule has 0 aliphatic carbocycles. The fourth-order valence-corrected chi connectivity index (χ4v) is 1.80. The lowest BCUT2D eigenvalue weighted by Gasteiger charge is -2.18. The maximum atomic E-state index is 12.6. The van der Waals surface area contributed by atoms with Gasteiger partial charge < -0.3 is 17.8 Å². The van der Waals surface area contributed by atoms with Crippen molar-refractivity contribution in [2.45, 2.75) is 6.54 Å². The Morgan fingerprint density at radius 1 is 1.33 bits per heavy atom. The predicted molar refractivity (Wildman–Crippen MR) is 51.0 cm³/mol. The van der Waals surface area contributed by atoms with Crippen molar-refractivity contribution in [2.24, 2.45) is 0 Å². The van der Waals surface area contributed by atoms with E-state index in [1.165, 1.54) is 24.1 Å². The first-order valence-electron chi connectivity index (χ1n) is 4.48. The molecular formula is C9H8BF3NO-. The molecule has 6 heteroatoms. The Labute approximate surface area is 84.7 Å². The van der Waals surface area contributed by atoms with Crippen molar-refractivity contribution in [2.75, 3.05) is 7.05 Å². The first-order chi connectivity index (χ1) is 6.91. The van der Waals surface area contributed by atoms with Crippen LogP contribution in [0.2, 0.25) is 0 Å². The number of carbonyl (C=O) groups excluding carboxylic acids is 1. The third-order valence-electron chi connectivity index (χ3n) is 2.54. The highest BCUT2D eigenvalue weighted by atomic mass is 19.4. The monoisotopic (exact) mass is 214 g/mol. The number of fused-ring (bicyclic) bond motifs is 1.